The zero-order valence-electron chi connectivity index (χ0n) is 10.0. The highest BCUT2D eigenvalue weighted by molar-refractivity contribution is 5.75. The molecule has 0 aliphatic carbocycles. The lowest BCUT2D eigenvalue weighted by Crippen LogP contribution is -2.26. The van der Waals surface area contributed by atoms with Crippen LogP contribution >= 0.6 is 0 Å². The van der Waals surface area contributed by atoms with Crippen LogP contribution in [0.2, 0.25) is 0 Å². The first kappa shape index (κ1) is 12.1. The number of carbonyl (C=O) groups is 1. The Morgan fingerprint density at radius 1 is 1.41 bits per heavy atom. The van der Waals surface area contributed by atoms with E-state index in [2.05, 4.69) is 0 Å². The Morgan fingerprint density at radius 2 is 2.12 bits per heavy atom. The Hall–Kier alpha value is -1.35. The molecule has 0 spiro atoms. The molecule has 1 aromatic carbocycles. The number of cyclic esters (lactones) is 1. The summed E-state index contributed by atoms with van der Waals surface area (Å²) < 4.78 is 5.12. The number of aliphatic hydroxyl groups excluding tert-OH is 1. The molecule has 1 N–H and O–H groups in total. The van der Waals surface area contributed by atoms with Crippen molar-refractivity contribution in [2.45, 2.75) is 13.3 Å². The monoisotopic (exact) mass is 234 g/mol. The fraction of sp³-hybridized carbons (Fsp3) is 0.500. The first-order chi connectivity index (χ1) is 8.22. The number of aliphatic hydroxyl groups is 1. The molecule has 0 aromatic heterocycles. The lowest BCUT2D eigenvalue weighted by Gasteiger charge is -2.20. The average molecular weight is 234 g/mol. The summed E-state index contributed by atoms with van der Waals surface area (Å²) in [5.41, 5.74) is 1.14. The molecule has 0 saturated carbocycles. The maximum absolute atomic E-state index is 11.7. The average Bonchev–Trinajstić information content (AvgIpc) is 2.72. The summed E-state index contributed by atoms with van der Waals surface area (Å²) in [7, 11) is 0. The summed E-state index contributed by atoms with van der Waals surface area (Å²) >= 11 is 0. The Morgan fingerprint density at radius 3 is 2.76 bits per heavy atom. The van der Waals surface area contributed by atoms with Crippen molar-refractivity contribution in [2.24, 2.45) is 17.8 Å². The van der Waals surface area contributed by atoms with Crippen molar-refractivity contribution in [3.05, 3.63) is 35.9 Å². The number of ether oxygens (including phenoxy) is 1. The quantitative estimate of drug-likeness (QED) is 0.806. The van der Waals surface area contributed by atoms with Gasteiger partial charge in [0.1, 0.15) is 0 Å². The second-order valence-electron chi connectivity index (χ2n) is 4.75. The van der Waals surface area contributed by atoms with Crippen LogP contribution in [0.1, 0.15) is 12.5 Å². The summed E-state index contributed by atoms with van der Waals surface area (Å²) in [6.07, 6.45) is 0.703. The predicted octanol–water partition coefficient (Wildman–Crippen LogP) is 1.65. The zero-order valence-corrected chi connectivity index (χ0v) is 10.0. The fourth-order valence-corrected chi connectivity index (χ4v) is 2.38. The maximum atomic E-state index is 11.7. The molecule has 92 valence electrons. The van der Waals surface area contributed by atoms with Crippen LogP contribution < -0.4 is 0 Å². The lowest BCUT2D eigenvalue weighted by atomic mass is 9.82. The van der Waals surface area contributed by atoms with E-state index < -0.39 is 0 Å². The van der Waals surface area contributed by atoms with E-state index in [1.807, 2.05) is 37.3 Å². The standard InChI is InChI=1S/C14H18O3/c1-10(8-15)13-9-17-14(16)12(13)7-11-5-3-2-4-6-11/h2-6,10,12-13,15H,7-9H2,1H3/t10-,12-,13-/m0/s1. The van der Waals surface area contributed by atoms with Gasteiger partial charge in [-0.1, -0.05) is 37.3 Å². The number of carbonyl (C=O) groups excluding carboxylic acids is 1. The smallest absolute Gasteiger partial charge is 0.309 e. The number of hydrogen-bond acceptors (Lipinski definition) is 3. The summed E-state index contributed by atoms with van der Waals surface area (Å²) in [6, 6.07) is 9.95. The van der Waals surface area contributed by atoms with Crippen molar-refractivity contribution >= 4 is 5.97 Å². The highest BCUT2D eigenvalue weighted by Crippen LogP contribution is 2.31. The molecule has 3 nitrogen and oxygen atoms in total. The van der Waals surface area contributed by atoms with E-state index in [0.717, 1.165) is 5.56 Å². The van der Waals surface area contributed by atoms with Crippen LogP contribution in [0.4, 0.5) is 0 Å². The van der Waals surface area contributed by atoms with Gasteiger partial charge in [-0.3, -0.25) is 4.79 Å². The van der Waals surface area contributed by atoms with Crippen LogP contribution in [0.25, 0.3) is 0 Å². The first-order valence-corrected chi connectivity index (χ1v) is 6.03. The van der Waals surface area contributed by atoms with Gasteiger partial charge in [0.15, 0.2) is 0 Å². The topological polar surface area (TPSA) is 46.5 Å². The Balaban J connectivity index is 2.09. The van der Waals surface area contributed by atoms with Gasteiger partial charge in [-0.2, -0.15) is 0 Å². The Labute approximate surface area is 101 Å². The van der Waals surface area contributed by atoms with Crippen molar-refractivity contribution < 1.29 is 14.6 Å². The molecule has 1 heterocycles. The Bertz CT molecular complexity index is 374. The maximum Gasteiger partial charge on any atom is 0.309 e. The van der Waals surface area contributed by atoms with Gasteiger partial charge in [-0.15, -0.1) is 0 Å². The van der Waals surface area contributed by atoms with Gasteiger partial charge in [-0.25, -0.2) is 0 Å². The summed E-state index contributed by atoms with van der Waals surface area (Å²) in [5.74, 6) is 0.00146. The minimum atomic E-state index is -0.126. The number of benzene rings is 1. The van der Waals surface area contributed by atoms with E-state index >= 15 is 0 Å². The third-order valence-corrected chi connectivity index (χ3v) is 3.55. The van der Waals surface area contributed by atoms with Gasteiger partial charge >= 0.3 is 5.97 Å². The van der Waals surface area contributed by atoms with Crippen LogP contribution in [0.15, 0.2) is 30.3 Å². The van der Waals surface area contributed by atoms with Gasteiger partial charge < -0.3 is 9.84 Å². The molecule has 1 aliphatic rings. The van der Waals surface area contributed by atoms with E-state index in [-0.39, 0.29) is 30.3 Å². The molecule has 0 radical (unpaired) electrons. The van der Waals surface area contributed by atoms with Crippen LogP contribution in [-0.4, -0.2) is 24.3 Å². The van der Waals surface area contributed by atoms with Gasteiger partial charge in [0, 0.05) is 12.5 Å². The van der Waals surface area contributed by atoms with Gasteiger partial charge in [0.05, 0.1) is 12.5 Å². The molecule has 2 rings (SSSR count). The van der Waals surface area contributed by atoms with Crippen LogP contribution in [0.5, 0.6) is 0 Å². The molecule has 1 aliphatic heterocycles. The Kier molecular flexibility index (Phi) is 3.79. The van der Waals surface area contributed by atoms with E-state index in [9.17, 15) is 9.90 Å². The molecule has 1 aromatic rings. The SMILES string of the molecule is C[C@@H](CO)[C@@H]1COC(=O)[C@H]1Cc1ccccc1. The minimum absolute atomic E-state index is 0.104. The van der Waals surface area contributed by atoms with Gasteiger partial charge in [-0.05, 0) is 17.9 Å². The number of rotatable bonds is 4. The summed E-state index contributed by atoms with van der Waals surface area (Å²) in [5, 5.41) is 9.20. The van der Waals surface area contributed by atoms with Crippen LogP contribution in [0.3, 0.4) is 0 Å². The fourth-order valence-electron chi connectivity index (χ4n) is 2.38. The molecular formula is C14H18O3. The molecule has 1 fully saturated rings. The normalized spacial score (nSPS) is 25.6. The second-order valence-corrected chi connectivity index (χ2v) is 4.75. The van der Waals surface area contributed by atoms with E-state index in [1.165, 1.54) is 0 Å². The van der Waals surface area contributed by atoms with Crippen molar-refractivity contribution in [1.82, 2.24) is 0 Å². The molecule has 1 saturated heterocycles. The third kappa shape index (κ3) is 2.67. The molecule has 0 amide bonds. The molecule has 0 bridgehead atoms. The minimum Gasteiger partial charge on any atom is -0.465 e. The third-order valence-electron chi connectivity index (χ3n) is 3.55. The van der Waals surface area contributed by atoms with Gasteiger partial charge in [0.25, 0.3) is 0 Å². The van der Waals surface area contributed by atoms with Crippen LogP contribution in [-0.2, 0) is 16.0 Å². The van der Waals surface area contributed by atoms with E-state index in [0.29, 0.717) is 13.0 Å². The summed E-state index contributed by atoms with van der Waals surface area (Å²) in [4.78, 5) is 11.7. The number of esters is 1. The molecule has 0 unspecified atom stereocenters. The van der Waals surface area contributed by atoms with Crippen LogP contribution in [0, 0.1) is 17.8 Å². The van der Waals surface area contributed by atoms with E-state index in [4.69, 9.17) is 4.74 Å². The van der Waals surface area contributed by atoms with Crippen molar-refractivity contribution in [1.29, 1.82) is 0 Å². The largest absolute Gasteiger partial charge is 0.465 e. The van der Waals surface area contributed by atoms with Crippen molar-refractivity contribution in [2.75, 3.05) is 13.2 Å². The molecule has 3 atom stereocenters. The summed E-state index contributed by atoms with van der Waals surface area (Å²) in [6.45, 7) is 2.51. The molecule has 3 heteroatoms. The van der Waals surface area contributed by atoms with Crippen molar-refractivity contribution in [3.8, 4) is 0 Å². The zero-order chi connectivity index (χ0) is 12.3. The van der Waals surface area contributed by atoms with E-state index in [1.54, 1.807) is 0 Å². The van der Waals surface area contributed by atoms with Crippen molar-refractivity contribution in [3.63, 3.8) is 0 Å². The van der Waals surface area contributed by atoms with Gasteiger partial charge in [0.2, 0.25) is 0 Å². The lowest BCUT2D eigenvalue weighted by molar-refractivity contribution is -0.141. The highest BCUT2D eigenvalue weighted by atomic mass is 16.5. The first-order valence-electron chi connectivity index (χ1n) is 6.03. The molecular weight excluding hydrogens is 216 g/mol. The molecule has 17 heavy (non-hydrogen) atoms. The highest BCUT2D eigenvalue weighted by Gasteiger charge is 2.39. The second kappa shape index (κ2) is 5.32. The predicted molar refractivity (Wildman–Crippen MR) is 64.3 cm³/mol. The number of hydrogen-bond donors (Lipinski definition) is 1.